The maximum Gasteiger partial charge on any atom is 0.344 e. The van der Waals surface area contributed by atoms with Gasteiger partial charge in [-0.3, -0.25) is 0 Å². The van der Waals surface area contributed by atoms with Crippen molar-refractivity contribution in [1.82, 2.24) is 0 Å². The maximum absolute atomic E-state index is 12.1. The fraction of sp³-hybridized carbons (Fsp3) is 0.0625. The van der Waals surface area contributed by atoms with E-state index in [4.69, 9.17) is 14.9 Å². The van der Waals surface area contributed by atoms with E-state index in [2.05, 4.69) is 0 Å². The number of ether oxygens (including phenoxy) is 1. The molecule has 1 heterocycles. The van der Waals surface area contributed by atoms with E-state index in [9.17, 15) is 4.79 Å². The highest BCUT2D eigenvalue weighted by Gasteiger charge is 2.09. The third-order valence-corrected chi connectivity index (χ3v) is 3.18. The van der Waals surface area contributed by atoms with Gasteiger partial charge in [0.2, 0.25) is 0 Å². The Morgan fingerprint density at radius 1 is 1.10 bits per heavy atom. The van der Waals surface area contributed by atoms with Crippen LogP contribution in [-0.2, 0) is 0 Å². The summed E-state index contributed by atoms with van der Waals surface area (Å²) in [4.78, 5) is 12.1. The quantitative estimate of drug-likeness (QED) is 0.572. The van der Waals surface area contributed by atoms with Gasteiger partial charge < -0.3 is 14.9 Å². The van der Waals surface area contributed by atoms with Crippen molar-refractivity contribution in [2.75, 3.05) is 12.8 Å². The van der Waals surface area contributed by atoms with E-state index in [1.54, 1.807) is 31.4 Å². The van der Waals surface area contributed by atoms with Crippen LogP contribution in [0.2, 0.25) is 0 Å². The van der Waals surface area contributed by atoms with Crippen molar-refractivity contribution >= 4 is 16.7 Å². The molecule has 0 unspecified atom stereocenters. The lowest BCUT2D eigenvalue weighted by molar-refractivity contribution is 0.417. The number of nitrogen functional groups attached to an aromatic ring is 1. The molecule has 4 heteroatoms. The Bertz CT molecular complexity index is 836. The van der Waals surface area contributed by atoms with Crippen LogP contribution >= 0.6 is 0 Å². The molecule has 0 amide bonds. The van der Waals surface area contributed by atoms with Crippen LogP contribution in [0.15, 0.2) is 57.7 Å². The Hall–Kier alpha value is -2.75. The highest BCUT2D eigenvalue weighted by atomic mass is 16.5. The minimum absolute atomic E-state index is 0.381. The first-order chi connectivity index (χ1) is 9.69. The molecule has 3 rings (SSSR count). The first-order valence-electron chi connectivity index (χ1n) is 6.16. The number of benzene rings is 2. The molecule has 4 nitrogen and oxygen atoms in total. The summed E-state index contributed by atoms with van der Waals surface area (Å²) in [6, 6.07) is 14.4. The molecular formula is C16H13NO3. The van der Waals surface area contributed by atoms with E-state index in [0.717, 1.165) is 5.39 Å². The predicted octanol–water partition coefficient (Wildman–Crippen LogP) is 3.05. The van der Waals surface area contributed by atoms with E-state index in [1.807, 2.05) is 24.3 Å². The Morgan fingerprint density at radius 3 is 2.65 bits per heavy atom. The second-order valence-electron chi connectivity index (χ2n) is 4.44. The number of anilines is 1. The highest BCUT2D eigenvalue weighted by molar-refractivity contribution is 5.82. The van der Waals surface area contributed by atoms with Crippen molar-refractivity contribution in [2.24, 2.45) is 0 Å². The normalized spacial score (nSPS) is 10.7. The number of fused-ring (bicyclic) bond motifs is 1. The SMILES string of the molecule is COc1ccc(-c2cc3ccccc3oc2=O)cc1N. The van der Waals surface area contributed by atoms with Crippen molar-refractivity contribution in [2.45, 2.75) is 0 Å². The summed E-state index contributed by atoms with van der Waals surface area (Å²) in [5, 5.41) is 0.872. The van der Waals surface area contributed by atoms with Crippen LogP contribution in [-0.4, -0.2) is 7.11 Å². The number of nitrogens with two attached hydrogens (primary N) is 1. The zero-order valence-corrected chi connectivity index (χ0v) is 10.9. The monoisotopic (exact) mass is 267 g/mol. The summed E-state index contributed by atoms with van der Waals surface area (Å²) in [5.41, 5.74) is 7.74. The standard InChI is InChI=1S/C16H13NO3/c1-19-15-7-6-10(9-13(15)17)12-8-11-4-2-3-5-14(11)20-16(12)18/h2-9H,17H2,1H3. The van der Waals surface area contributed by atoms with Crippen molar-refractivity contribution < 1.29 is 9.15 Å². The molecule has 0 aliphatic carbocycles. The first kappa shape index (κ1) is 12.3. The van der Waals surface area contributed by atoms with Crippen LogP contribution in [0.1, 0.15) is 0 Å². The summed E-state index contributed by atoms with van der Waals surface area (Å²) >= 11 is 0. The Labute approximate surface area is 115 Å². The molecule has 0 aliphatic rings. The molecule has 0 fully saturated rings. The number of para-hydroxylation sites is 1. The molecule has 0 saturated heterocycles. The van der Waals surface area contributed by atoms with Crippen LogP contribution in [0.4, 0.5) is 5.69 Å². The molecular weight excluding hydrogens is 254 g/mol. The molecule has 0 aliphatic heterocycles. The smallest absolute Gasteiger partial charge is 0.344 e. The number of hydrogen-bond donors (Lipinski definition) is 1. The molecule has 0 atom stereocenters. The molecule has 2 N–H and O–H groups in total. The number of methoxy groups -OCH3 is 1. The van der Waals surface area contributed by atoms with Gasteiger partial charge in [-0.25, -0.2) is 4.79 Å². The summed E-state index contributed by atoms with van der Waals surface area (Å²) in [6.07, 6.45) is 0. The van der Waals surface area contributed by atoms with Gasteiger partial charge in [-0.1, -0.05) is 24.3 Å². The Balaban J connectivity index is 2.21. The summed E-state index contributed by atoms with van der Waals surface area (Å²) in [5.74, 6) is 0.582. The minimum atomic E-state index is -0.381. The van der Waals surface area contributed by atoms with E-state index >= 15 is 0 Å². The lowest BCUT2D eigenvalue weighted by Gasteiger charge is -2.07. The lowest BCUT2D eigenvalue weighted by Crippen LogP contribution is -2.03. The molecule has 0 spiro atoms. The van der Waals surface area contributed by atoms with Gasteiger partial charge in [0.15, 0.2) is 0 Å². The molecule has 2 aromatic carbocycles. The Kier molecular flexibility index (Phi) is 2.91. The van der Waals surface area contributed by atoms with Gasteiger partial charge in [-0.2, -0.15) is 0 Å². The van der Waals surface area contributed by atoms with Crippen molar-refractivity contribution in [1.29, 1.82) is 0 Å². The molecule has 20 heavy (non-hydrogen) atoms. The Morgan fingerprint density at radius 2 is 1.90 bits per heavy atom. The summed E-state index contributed by atoms with van der Waals surface area (Å²) in [7, 11) is 1.55. The number of rotatable bonds is 2. The summed E-state index contributed by atoms with van der Waals surface area (Å²) in [6.45, 7) is 0. The van der Waals surface area contributed by atoms with Gasteiger partial charge in [0.25, 0.3) is 0 Å². The highest BCUT2D eigenvalue weighted by Crippen LogP contribution is 2.28. The third kappa shape index (κ3) is 2.01. The maximum atomic E-state index is 12.1. The fourth-order valence-electron chi connectivity index (χ4n) is 2.17. The van der Waals surface area contributed by atoms with Crippen LogP contribution in [0, 0.1) is 0 Å². The molecule has 3 aromatic rings. The van der Waals surface area contributed by atoms with Crippen molar-refractivity contribution in [3.63, 3.8) is 0 Å². The molecule has 0 bridgehead atoms. The third-order valence-electron chi connectivity index (χ3n) is 3.18. The average Bonchev–Trinajstić information content (AvgIpc) is 2.46. The number of hydrogen-bond acceptors (Lipinski definition) is 4. The zero-order chi connectivity index (χ0) is 14.1. The van der Waals surface area contributed by atoms with Crippen LogP contribution in [0.3, 0.4) is 0 Å². The van der Waals surface area contributed by atoms with Crippen LogP contribution < -0.4 is 16.1 Å². The van der Waals surface area contributed by atoms with E-state index < -0.39 is 0 Å². The lowest BCUT2D eigenvalue weighted by atomic mass is 10.1. The van der Waals surface area contributed by atoms with Gasteiger partial charge in [-0.15, -0.1) is 0 Å². The van der Waals surface area contributed by atoms with Gasteiger partial charge in [0, 0.05) is 5.39 Å². The zero-order valence-electron chi connectivity index (χ0n) is 10.9. The van der Waals surface area contributed by atoms with E-state index in [-0.39, 0.29) is 5.63 Å². The van der Waals surface area contributed by atoms with E-state index in [1.165, 1.54) is 0 Å². The van der Waals surface area contributed by atoms with Gasteiger partial charge in [0.05, 0.1) is 18.4 Å². The second kappa shape index (κ2) is 4.74. The minimum Gasteiger partial charge on any atom is -0.495 e. The molecule has 0 radical (unpaired) electrons. The topological polar surface area (TPSA) is 65.5 Å². The fourth-order valence-corrected chi connectivity index (χ4v) is 2.17. The first-order valence-corrected chi connectivity index (χ1v) is 6.16. The largest absolute Gasteiger partial charge is 0.495 e. The van der Waals surface area contributed by atoms with Gasteiger partial charge >= 0.3 is 5.63 Å². The molecule has 1 aromatic heterocycles. The van der Waals surface area contributed by atoms with Crippen molar-refractivity contribution in [3.8, 4) is 16.9 Å². The van der Waals surface area contributed by atoms with Gasteiger partial charge in [0.1, 0.15) is 11.3 Å². The summed E-state index contributed by atoms with van der Waals surface area (Å²) < 4.78 is 10.4. The second-order valence-corrected chi connectivity index (χ2v) is 4.44. The van der Waals surface area contributed by atoms with Crippen molar-refractivity contribution in [3.05, 3.63) is 59.0 Å². The van der Waals surface area contributed by atoms with E-state index in [0.29, 0.717) is 28.1 Å². The molecule has 100 valence electrons. The van der Waals surface area contributed by atoms with Crippen LogP contribution in [0.5, 0.6) is 5.75 Å². The van der Waals surface area contributed by atoms with Crippen LogP contribution in [0.25, 0.3) is 22.1 Å². The van der Waals surface area contributed by atoms with Gasteiger partial charge in [-0.05, 0) is 29.8 Å². The average molecular weight is 267 g/mol. The molecule has 0 saturated carbocycles. The predicted molar refractivity (Wildman–Crippen MR) is 78.9 cm³/mol.